The van der Waals surface area contributed by atoms with Crippen LogP contribution in [0.25, 0.3) is 0 Å². The number of halogens is 1. The predicted octanol–water partition coefficient (Wildman–Crippen LogP) is 3.37. The van der Waals surface area contributed by atoms with E-state index in [-0.39, 0.29) is 24.6 Å². The standard InChI is InChI=1S/C20H18ClNO5/c1-2-16(23)20(25)27-22-10-13(19-14(21)4-3-5-15(19)22)12-8-11-6-7-26-18(11)9-17(12)24/h3-5,8-9,13,24H,2,6-7,10H2,1H3. The summed E-state index contributed by atoms with van der Waals surface area (Å²) in [6.45, 7) is 2.45. The first-order valence-corrected chi connectivity index (χ1v) is 9.17. The number of carbonyl (C=O) groups is 2. The normalized spacial score (nSPS) is 17.3. The summed E-state index contributed by atoms with van der Waals surface area (Å²) in [5.74, 6) is -1.02. The first-order chi connectivity index (χ1) is 13.0. The van der Waals surface area contributed by atoms with Crippen LogP contribution in [0.2, 0.25) is 5.02 Å². The van der Waals surface area contributed by atoms with Crippen molar-refractivity contribution in [1.29, 1.82) is 0 Å². The summed E-state index contributed by atoms with van der Waals surface area (Å²) in [5, 5.41) is 12.4. The zero-order valence-corrected chi connectivity index (χ0v) is 15.5. The smallest absolute Gasteiger partial charge is 0.398 e. The van der Waals surface area contributed by atoms with Crippen LogP contribution in [0.15, 0.2) is 30.3 Å². The van der Waals surface area contributed by atoms with E-state index in [0.29, 0.717) is 28.6 Å². The fourth-order valence-electron chi connectivity index (χ4n) is 3.59. The number of phenolic OH excluding ortho intramolecular Hbond substituents is 1. The van der Waals surface area contributed by atoms with Gasteiger partial charge in [-0.2, -0.15) is 0 Å². The molecule has 0 amide bonds. The fraction of sp³-hybridized carbons (Fsp3) is 0.300. The summed E-state index contributed by atoms with van der Waals surface area (Å²) in [5.41, 5.74) is 3.08. The Balaban J connectivity index is 1.74. The largest absolute Gasteiger partial charge is 0.508 e. The fourth-order valence-corrected chi connectivity index (χ4v) is 3.89. The van der Waals surface area contributed by atoms with Crippen molar-refractivity contribution in [3.05, 3.63) is 52.0 Å². The van der Waals surface area contributed by atoms with Gasteiger partial charge in [0.05, 0.1) is 18.8 Å². The molecular weight excluding hydrogens is 370 g/mol. The number of nitrogens with zero attached hydrogens (tertiary/aromatic N) is 1. The van der Waals surface area contributed by atoms with E-state index >= 15 is 0 Å². The lowest BCUT2D eigenvalue weighted by Gasteiger charge is -2.18. The minimum atomic E-state index is -0.907. The van der Waals surface area contributed by atoms with E-state index in [1.54, 1.807) is 31.2 Å². The second-order valence-corrected chi connectivity index (χ2v) is 6.97. The van der Waals surface area contributed by atoms with E-state index in [2.05, 4.69) is 0 Å². The maximum absolute atomic E-state index is 12.0. The third-order valence-corrected chi connectivity index (χ3v) is 5.28. The van der Waals surface area contributed by atoms with Crippen LogP contribution in [0, 0.1) is 0 Å². The van der Waals surface area contributed by atoms with Crippen molar-refractivity contribution in [2.45, 2.75) is 25.7 Å². The molecule has 27 heavy (non-hydrogen) atoms. The van der Waals surface area contributed by atoms with Crippen LogP contribution < -0.4 is 9.80 Å². The topological polar surface area (TPSA) is 76.1 Å². The predicted molar refractivity (Wildman–Crippen MR) is 99.3 cm³/mol. The number of Topliss-reactive ketones (excluding diaryl/α,β-unsaturated/α-hetero) is 1. The molecule has 0 bridgehead atoms. The Bertz CT molecular complexity index is 942. The maximum atomic E-state index is 12.0. The SMILES string of the molecule is CCC(=O)C(=O)ON1CC(c2cc3c(cc2O)OCC3)c2c(Cl)cccc21. The Morgan fingerprint density at radius 1 is 1.37 bits per heavy atom. The molecule has 0 saturated carbocycles. The number of ether oxygens (including phenoxy) is 1. The number of anilines is 1. The lowest BCUT2D eigenvalue weighted by molar-refractivity contribution is -0.154. The van der Waals surface area contributed by atoms with Crippen molar-refractivity contribution in [1.82, 2.24) is 0 Å². The molecule has 140 valence electrons. The molecule has 1 N–H and O–H groups in total. The highest BCUT2D eigenvalue weighted by Crippen LogP contribution is 2.47. The van der Waals surface area contributed by atoms with Gasteiger partial charge in [-0.15, -0.1) is 0 Å². The molecule has 2 aromatic carbocycles. The number of carbonyl (C=O) groups excluding carboxylic acids is 2. The van der Waals surface area contributed by atoms with Crippen molar-refractivity contribution in [2.75, 3.05) is 18.2 Å². The minimum Gasteiger partial charge on any atom is -0.508 e. The molecule has 0 aromatic heterocycles. The molecule has 1 atom stereocenters. The molecule has 0 spiro atoms. The summed E-state index contributed by atoms with van der Waals surface area (Å²) in [6.07, 6.45) is 0.846. The molecule has 0 fully saturated rings. The van der Waals surface area contributed by atoms with Crippen LogP contribution in [0.3, 0.4) is 0 Å². The number of aromatic hydroxyl groups is 1. The van der Waals surface area contributed by atoms with Crippen molar-refractivity contribution in [3.63, 3.8) is 0 Å². The minimum absolute atomic E-state index is 0.0735. The van der Waals surface area contributed by atoms with Gasteiger partial charge in [0.2, 0.25) is 5.78 Å². The molecule has 2 heterocycles. The molecular formula is C20H18ClNO5. The molecule has 2 aromatic rings. The second kappa shape index (κ2) is 6.78. The zero-order valence-electron chi connectivity index (χ0n) is 14.7. The van der Waals surface area contributed by atoms with Crippen molar-refractivity contribution >= 4 is 29.0 Å². The number of fused-ring (bicyclic) bond motifs is 2. The highest BCUT2D eigenvalue weighted by Gasteiger charge is 2.37. The van der Waals surface area contributed by atoms with Gasteiger partial charge < -0.3 is 14.7 Å². The first-order valence-electron chi connectivity index (χ1n) is 8.79. The quantitative estimate of drug-likeness (QED) is 0.810. The van der Waals surface area contributed by atoms with Crippen LogP contribution in [0.4, 0.5) is 5.69 Å². The van der Waals surface area contributed by atoms with Crippen LogP contribution in [0.1, 0.15) is 36.0 Å². The van der Waals surface area contributed by atoms with Crippen molar-refractivity contribution < 1.29 is 24.3 Å². The monoisotopic (exact) mass is 387 g/mol. The summed E-state index contributed by atoms with van der Waals surface area (Å²) >= 11 is 6.44. The van der Waals surface area contributed by atoms with Crippen LogP contribution >= 0.6 is 11.6 Å². The van der Waals surface area contributed by atoms with E-state index < -0.39 is 11.8 Å². The number of ketones is 1. The van der Waals surface area contributed by atoms with Crippen LogP contribution in [0.5, 0.6) is 11.5 Å². The van der Waals surface area contributed by atoms with Gasteiger partial charge in [-0.3, -0.25) is 4.79 Å². The molecule has 4 rings (SSSR count). The number of phenols is 1. The lowest BCUT2D eigenvalue weighted by Crippen LogP contribution is -2.30. The summed E-state index contributed by atoms with van der Waals surface area (Å²) in [6, 6.07) is 8.81. The molecule has 0 saturated heterocycles. The first kappa shape index (κ1) is 17.7. The second-order valence-electron chi connectivity index (χ2n) is 6.56. The Morgan fingerprint density at radius 2 is 2.19 bits per heavy atom. The molecule has 1 unspecified atom stereocenters. The Morgan fingerprint density at radius 3 is 2.96 bits per heavy atom. The van der Waals surface area contributed by atoms with Crippen molar-refractivity contribution in [2.24, 2.45) is 0 Å². The number of hydroxylamine groups is 1. The van der Waals surface area contributed by atoms with E-state index in [0.717, 1.165) is 17.5 Å². The zero-order chi connectivity index (χ0) is 19.1. The molecule has 6 nitrogen and oxygen atoms in total. The van der Waals surface area contributed by atoms with Gasteiger partial charge >= 0.3 is 5.97 Å². The molecule has 2 aliphatic heterocycles. The van der Waals surface area contributed by atoms with Gasteiger partial charge in [0.1, 0.15) is 11.5 Å². The lowest BCUT2D eigenvalue weighted by atomic mass is 9.90. The molecule has 7 heteroatoms. The highest BCUT2D eigenvalue weighted by molar-refractivity contribution is 6.33. The maximum Gasteiger partial charge on any atom is 0.398 e. The number of rotatable bonds is 4. The Kier molecular flexibility index (Phi) is 4.44. The van der Waals surface area contributed by atoms with Gasteiger partial charge in [0.15, 0.2) is 0 Å². The molecule has 0 aliphatic carbocycles. The number of hydrogen-bond donors (Lipinski definition) is 1. The summed E-state index contributed by atoms with van der Waals surface area (Å²) < 4.78 is 5.50. The van der Waals surface area contributed by atoms with Gasteiger partial charge in [-0.05, 0) is 23.8 Å². The third kappa shape index (κ3) is 3.00. The molecule has 0 radical (unpaired) electrons. The summed E-state index contributed by atoms with van der Waals surface area (Å²) in [4.78, 5) is 28.9. The average Bonchev–Trinajstić information content (AvgIpc) is 3.25. The Hall–Kier alpha value is -2.73. The van der Waals surface area contributed by atoms with E-state index in [9.17, 15) is 14.7 Å². The van der Waals surface area contributed by atoms with Crippen LogP contribution in [-0.4, -0.2) is 30.0 Å². The number of benzene rings is 2. The van der Waals surface area contributed by atoms with Gasteiger partial charge in [0, 0.05) is 41.0 Å². The van der Waals surface area contributed by atoms with E-state index in [1.165, 1.54) is 5.06 Å². The van der Waals surface area contributed by atoms with Gasteiger partial charge in [-0.1, -0.05) is 24.6 Å². The summed E-state index contributed by atoms with van der Waals surface area (Å²) in [7, 11) is 0. The van der Waals surface area contributed by atoms with E-state index in [4.69, 9.17) is 21.2 Å². The van der Waals surface area contributed by atoms with Crippen molar-refractivity contribution in [3.8, 4) is 11.5 Å². The van der Waals surface area contributed by atoms with Crippen LogP contribution in [-0.2, 0) is 20.8 Å². The van der Waals surface area contributed by atoms with E-state index in [1.807, 2.05) is 6.07 Å². The third-order valence-electron chi connectivity index (χ3n) is 4.95. The number of hydrogen-bond acceptors (Lipinski definition) is 6. The Labute approximate surface area is 161 Å². The highest BCUT2D eigenvalue weighted by atomic mass is 35.5. The average molecular weight is 388 g/mol. The molecule has 2 aliphatic rings. The van der Waals surface area contributed by atoms with Gasteiger partial charge in [0.25, 0.3) is 0 Å². The van der Waals surface area contributed by atoms with Gasteiger partial charge in [-0.25, -0.2) is 9.86 Å².